The van der Waals surface area contributed by atoms with Crippen LogP contribution in [0.1, 0.15) is 50.3 Å². The standard InChI is InChI=1S/C24H33NO3/c1-4-19(3)18-28-23-11-7-10-22(15-23)17-25(13-12-24(26)27)16-21-9-6-8-20(5-2)14-21/h6-11,14-15,19H,4-5,12-13,16-18H2,1-3H3,(H,26,27). The Hall–Kier alpha value is -2.33. The van der Waals surface area contributed by atoms with Crippen molar-refractivity contribution in [3.05, 3.63) is 65.2 Å². The maximum atomic E-state index is 11.1. The number of rotatable bonds is 12. The molecule has 0 aromatic heterocycles. The number of aliphatic carboxylic acids is 1. The first-order valence-corrected chi connectivity index (χ1v) is 10.2. The van der Waals surface area contributed by atoms with Crippen LogP contribution in [-0.2, 0) is 24.3 Å². The number of carboxylic acids is 1. The molecule has 2 aromatic rings. The van der Waals surface area contributed by atoms with Crippen LogP contribution >= 0.6 is 0 Å². The number of benzene rings is 2. The minimum absolute atomic E-state index is 0.137. The second-order valence-corrected chi connectivity index (χ2v) is 7.50. The van der Waals surface area contributed by atoms with E-state index >= 15 is 0 Å². The van der Waals surface area contributed by atoms with E-state index in [-0.39, 0.29) is 6.42 Å². The first-order chi connectivity index (χ1) is 13.5. The summed E-state index contributed by atoms with van der Waals surface area (Å²) in [5, 5.41) is 9.12. The Bertz CT molecular complexity index is 744. The lowest BCUT2D eigenvalue weighted by Gasteiger charge is -2.22. The molecule has 0 radical (unpaired) electrons. The van der Waals surface area contributed by atoms with Crippen molar-refractivity contribution >= 4 is 5.97 Å². The summed E-state index contributed by atoms with van der Waals surface area (Å²) in [6.07, 6.45) is 2.23. The number of hydrogen-bond acceptors (Lipinski definition) is 3. The van der Waals surface area contributed by atoms with Crippen molar-refractivity contribution in [2.75, 3.05) is 13.2 Å². The van der Waals surface area contributed by atoms with Crippen LogP contribution in [-0.4, -0.2) is 29.1 Å². The van der Waals surface area contributed by atoms with Crippen LogP contribution < -0.4 is 4.74 Å². The molecule has 0 saturated carbocycles. The van der Waals surface area contributed by atoms with Gasteiger partial charge in [0.2, 0.25) is 0 Å². The van der Waals surface area contributed by atoms with E-state index in [9.17, 15) is 4.79 Å². The van der Waals surface area contributed by atoms with E-state index in [1.165, 1.54) is 11.1 Å². The molecule has 0 amide bonds. The molecule has 0 fully saturated rings. The van der Waals surface area contributed by atoms with Crippen molar-refractivity contribution in [1.82, 2.24) is 4.90 Å². The summed E-state index contributed by atoms with van der Waals surface area (Å²) in [5.41, 5.74) is 3.66. The van der Waals surface area contributed by atoms with E-state index in [1.54, 1.807) is 0 Å². The average molecular weight is 384 g/mol. The van der Waals surface area contributed by atoms with Crippen molar-refractivity contribution in [2.24, 2.45) is 5.92 Å². The number of aryl methyl sites for hydroxylation is 1. The van der Waals surface area contributed by atoms with Crippen molar-refractivity contribution < 1.29 is 14.6 Å². The highest BCUT2D eigenvalue weighted by Crippen LogP contribution is 2.18. The maximum absolute atomic E-state index is 11.1. The second kappa shape index (κ2) is 11.5. The fourth-order valence-corrected chi connectivity index (χ4v) is 3.02. The van der Waals surface area contributed by atoms with E-state index in [0.717, 1.165) is 30.7 Å². The molecular formula is C24H33NO3. The normalized spacial score (nSPS) is 12.1. The van der Waals surface area contributed by atoms with E-state index < -0.39 is 5.97 Å². The lowest BCUT2D eigenvalue weighted by Crippen LogP contribution is -2.25. The SMILES string of the molecule is CCc1cccc(CN(CCC(=O)O)Cc2cccc(OCC(C)CC)c2)c1. The Morgan fingerprint density at radius 2 is 1.68 bits per heavy atom. The molecule has 2 rings (SSSR count). The Labute approximate surface area is 169 Å². The third kappa shape index (κ3) is 7.73. The number of nitrogens with zero attached hydrogens (tertiary/aromatic N) is 1. The minimum atomic E-state index is -0.766. The van der Waals surface area contributed by atoms with Crippen molar-refractivity contribution in [1.29, 1.82) is 0 Å². The quantitative estimate of drug-likeness (QED) is 0.551. The molecule has 0 saturated heterocycles. The van der Waals surface area contributed by atoms with E-state index in [0.29, 0.717) is 25.6 Å². The zero-order valence-electron chi connectivity index (χ0n) is 17.4. The first kappa shape index (κ1) is 22.0. The lowest BCUT2D eigenvalue weighted by molar-refractivity contribution is -0.137. The molecule has 1 atom stereocenters. The molecule has 0 spiro atoms. The molecular weight excluding hydrogens is 350 g/mol. The monoisotopic (exact) mass is 383 g/mol. The zero-order valence-corrected chi connectivity index (χ0v) is 17.4. The van der Waals surface area contributed by atoms with Crippen molar-refractivity contribution in [3.63, 3.8) is 0 Å². The summed E-state index contributed by atoms with van der Waals surface area (Å²) < 4.78 is 5.92. The summed E-state index contributed by atoms with van der Waals surface area (Å²) in [7, 11) is 0. The average Bonchev–Trinajstić information content (AvgIpc) is 2.70. The van der Waals surface area contributed by atoms with Crippen LogP contribution in [0.4, 0.5) is 0 Å². The molecule has 28 heavy (non-hydrogen) atoms. The van der Waals surface area contributed by atoms with Gasteiger partial charge in [-0.15, -0.1) is 0 Å². The van der Waals surface area contributed by atoms with Gasteiger partial charge in [0.05, 0.1) is 13.0 Å². The van der Waals surface area contributed by atoms with Gasteiger partial charge < -0.3 is 9.84 Å². The van der Waals surface area contributed by atoms with Crippen LogP contribution in [0.2, 0.25) is 0 Å². The van der Waals surface area contributed by atoms with E-state index in [2.05, 4.69) is 62.1 Å². The fourth-order valence-electron chi connectivity index (χ4n) is 3.02. The lowest BCUT2D eigenvalue weighted by atomic mass is 10.1. The fraction of sp³-hybridized carbons (Fsp3) is 0.458. The third-order valence-electron chi connectivity index (χ3n) is 4.98. The van der Waals surface area contributed by atoms with Gasteiger partial charge in [0, 0.05) is 19.6 Å². The summed E-state index contributed by atoms with van der Waals surface area (Å²) in [4.78, 5) is 13.3. The summed E-state index contributed by atoms with van der Waals surface area (Å²) in [6, 6.07) is 16.7. The molecule has 0 heterocycles. The molecule has 0 aliphatic carbocycles. The van der Waals surface area contributed by atoms with Crippen LogP contribution in [0.3, 0.4) is 0 Å². The Morgan fingerprint density at radius 1 is 1.04 bits per heavy atom. The molecule has 1 unspecified atom stereocenters. The number of ether oxygens (including phenoxy) is 1. The molecule has 1 N–H and O–H groups in total. The van der Waals surface area contributed by atoms with Gasteiger partial charge in [-0.3, -0.25) is 9.69 Å². The molecule has 0 bridgehead atoms. The Balaban J connectivity index is 2.07. The highest BCUT2D eigenvalue weighted by Gasteiger charge is 2.11. The van der Waals surface area contributed by atoms with E-state index in [1.807, 2.05) is 12.1 Å². The highest BCUT2D eigenvalue weighted by atomic mass is 16.5. The third-order valence-corrected chi connectivity index (χ3v) is 4.98. The molecule has 2 aromatic carbocycles. The van der Waals surface area contributed by atoms with Crippen molar-refractivity contribution in [2.45, 2.75) is 53.1 Å². The van der Waals surface area contributed by atoms with Gasteiger partial charge in [-0.1, -0.05) is 63.6 Å². The summed E-state index contributed by atoms with van der Waals surface area (Å²) >= 11 is 0. The molecule has 0 aliphatic rings. The van der Waals surface area contributed by atoms with Crippen LogP contribution in [0, 0.1) is 5.92 Å². The summed E-state index contributed by atoms with van der Waals surface area (Å²) in [5.74, 6) is 0.642. The van der Waals surface area contributed by atoms with Crippen LogP contribution in [0.15, 0.2) is 48.5 Å². The highest BCUT2D eigenvalue weighted by molar-refractivity contribution is 5.66. The zero-order chi connectivity index (χ0) is 20.4. The maximum Gasteiger partial charge on any atom is 0.304 e. The number of carbonyl (C=O) groups is 1. The molecule has 0 aliphatic heterocycles. The number of hydrogen-bond donors (Lipinski definition) is 1. The van der Waals surface area contributed by atoms with Gasteiger partial charge >= 0.3 is 5.97 Å². The molecule has 152 valence electrons. The predicted octanol–water partition coefficient (Wildman–Crippen LogP) is 5.15. The second-order valence-electron chi connectivity index (χ2n) is 7.50. The first-order valence-electron chi connectivity index (χ1n) is 10.2. The number of carboxylic acid groups (broad SMARTS) is 1. The van der Waals surface area contributed by atoms with Crippen LogP contribution in [0.5, 0.6) is 5.75 Å². The Morgan fingerprint density at radius 3 is 2.32 bits per heavy atom. The van der Waals surface area contributed by atoms with Gasteiger partial charge in [-0.25, -0.2) is 0 Å². The van der Waals surface area contributed by atoms with Gasteiger partial charge in [0.15, 0.2) is 0 Å². The van der Waals surface area contributed by atoms with Gasteiger partial charge in [-0.05, 0) is 41.2 Å². The van der Waals surface area contributed by atoms with E-state index in [4.69, 9.17) is 9.84 Å². The largest absolute Gasteiger partial charge is 0.493 e. The Kier molecular flexibility index (Phi) is 9.02. The smallest absolute Gasteiger partial charge is 0.304 e. The topological polar surface area (TPSA) is 49.8 Å². The molecule has 4 heteroatoms. The summed E-state index contributed by atoms with van der Waals surface area (Å²) in [6.45, 7) is 9.16. The molecule has 4 nitrogen and oxygen atoms in total. The van der Waals surface area contributed by atoms with Crippen LogP contribution in [0.25, 0.3) is 0 Å². The van der Waals surface area contributed by atoms with Gasteiger partial charge in [0.1, 0.15) is 5.75 Å². The minimum Gasteiger partial charge on any atom is -0.493 e. The van der Waals surface area contributed by atoms with Gasteiger partial charge in [0.25, 0.3) is 0 Å². The van der Waals surface area contributed by atoms with Crippen molar-refractivity contribution in [3.8, 4) is 5.75 Å². The predicted molar refractivity (Wildman–Crippen MR) is 114 cm³/mol. The van der Waals surface area contributed by atoms with Gasteiger partial charge in [-0.2, -0.15) is 0 Å².